The lowest BCUT2D eigenvalue weighted by atomic mass is 10.1. The van der Waals surface area contributed by atoms with E-state index in [1.165, 1.54) is 29.0 Å². The van der Waals surface area contributed by atoms with Crippen LogP contribution in [0.3, 0.4) is 0 Å². The first-order chi connectivity index (χ1) is 16.7. The molecule has 1 saturated carbocycles. The Hall–Kier alpha value is -3.58. The van der Waals surface area contributed by atoms with Gasteiger partial charge in [0.2, 0.25) is 0 Å². The summed E-state index contributed by atoms with van der Waals surface area (Å²) in [5.74, 6) is 0.526. The van der Waals surface area contributed by atoms with Crippen LogP contribution in [0.2, 0.25) is 0 Å². The molecule has 0 aliphatic heterocycles. The van der Waals surface area contributed by atoms with Crippen molar-refractivity contribution in [3.8, 4) is 0 Å². The fourth-order valence-electron chi connectivity index (χ4n) is 4.26. The van der Waals surface area contributed by atoms with Crippen LogP contribution in [0.1, 0.15) is 29.7 Å². The van der Waals surface area contributed by atoms with Crippen LogP contribution in [0.4, 0.5) is 10.1 Å². The quantitative estimate of drug-likeness (QED) is 0.333. The lowest BCUT2D eigenvalue weighted by Gasteiger charge is -2.33. The second-order valence-corrected chi connectivity index (χ2v) is 9.56. The van der Waals surface area contributed by atoms with Crippen LogP contribution in [0.15, 0.2) is 50.9 Å². The summed E-state index contributed by atoms with van der Waals surface area (Å²) in [6.45, 7) is 0.937. The van der Waals surface area contributed by atoms with Gasteiger partial charge in [0.25, 0.3) is 5.56 Å². The van der Waals surface area contributed by atoms with Gasteiger partial charge < -0.3 is 9.08 Å². The van der Waals surface area contributed by atoms with Crippen molar-refractivity contribution in [2.45, 2.75) is 38.4 Å². The van der Waals surface area contributed by atoms with Crippen molar-refractivity contribution in [2.24, 2.45) is 7.05 Å². The Morgan fingerprint density at radius 2 is 2.00 bits per heavy atom. The Kier molecular flexibility index (Phi) is 5.68. The predicted octanol–water partition coefficient (Wildman–Crippen LogP) is 1.39. The average Bonchev–Trinajstić information content (AvgIpc) is 3.33. The zero-order valence-electron chi connectivity index (χ0n) is 19.0. The largest absolute Gasteiger partial charge is 0.755 e. The smallest absolute Gasteiger partial charge is 0.332 e. The number of anilines is 1. The number of rotatable bonds is 8. The maximum Gasteiger partial charge on any atom is 0.332 e. The fourth-order valence-corrected chi connectivity index (χ4v) is 5.09. The molecule has 11 nitrogen and oxygen atoms in total. The lowest BCUT2D eigenvalue weighted by Crippen LogP contribution is -2.42. The molecule has 1 atom stereocenters. The van der Waals surface area contributed by atoms with E-state index in [0.29, 0.717) is 35.2 Å². The zero-order valence-corrected chi connectivity index (χ0v) is 19.8. The van der Waals surface area contributed by atoms with Crippen molar-refractivity contribution in [3.05, 3.63) is 74.5 Å². The second-order valence-electron chi connectivity index (χ2n) is 8.76. The van der Waals surface area contributed by atoms with E-state index in [4.69, 9.17) is 4.52 Å². The summed E-state index contributed by atoms with van der Waals surface area (Å²) in [5.41, 5.74) is -0.497. The topological polar surface area (TPSA) is 131 Å². The molecule has 1 unspecified atom stereocenters. The molecular weight excluding hydrogens is 479 g/mol. The number of nitrogens with zero attached hydrogens (tertiary/aromatic N) is 6. The Labute approximate surface area is 200 Å². The van der Waals surface area contributed by atoms with Gasteiger partial charge in [0.05, 0.1) is 41.9 Å². The molecule has 1 aliphatic rings. The minimum atomic E-state index is -2.75. The molecule has 3 aromatic heterocycles. The number of benzene rings is 1. The third-order valence-electron chi connectivity index (χ3n) is 6.38. The minimum Gasteiger partial charge on any atom is -0.755 e. The van der Waals surface area contributed by atoms with Crippen LogP contribution in [0.5, 0.6) is 0 Å². The van der Waals surface area contributed by atoms with Gasteiger partial charge in [0.15, 0.2) is 0 Å². The molecule has 1 fully saturated rings. The van der Waals surface area contributed by atoms with Crippen molar-refractivity contribution in [3.63, 3.8) is 0 Å². The Morgan fingerprint density at radius 1 is 1.23 bits per heavy atom. The van der Waals surface area contributed by atoms with Crippen LogP contribution >= 0.6 is 0 Å². The van der Waals surface area contributed by atoms with Crippen molar-refractivity contribution < 1.29 is 17.7 Å². The molecule has 3 heterocycles. The molecule has 4 aromatic rings. The van der Waals surface area contributed by atoms with Crippen LogP contribution < -0.4 is 15.6 Å². The van der Waals surface area contributed by atoms with Crippen LogP contribution in [-0.2, 0) is 31.4 Å². The highest BCUT2D eigenvalue weighted by Crippen LogP contribution is 2.45. The van der Waals surface area contributed by atoms with Crippen LogP contribution in [0, 0.1) is 6.92 Å². The highest BCUT2D eigenvalue weighted by molar-refractivity contribution is 7.80. The van der Waals surface area contributed by atoms with Crippen molar-refractivity contribution in [2.75, 3.05) is 11.0 Å². The maximum atomic E-state index is 13.7. The standard InChI is InChI=1S/C22H23FN6O5S/c1-14-16(9-25-34-14)12-27-19-4-3-17(29(35(32)33)22(13-23)5-6-22)7-18(19)20(30)28(21(27)31)11-15-8-24-26(2)10-15/h3-4,7-10H,5-6,11-13H2,1-2H3,(H,32,33)/p-1. The zero-order chi connectivity index (χ0) is 24.9. The van der Waals surface area contributed by atoms with E-state index in [2.05, 4.69) is 10.3 Å². The van der Waals surface area contributed by atoms with E-state index in [0.717, 1.165) is 8.87 Å². The second kappa shape index (κ2) is 8.57. The van der Waals surface area contributed by atoms with E-state index < -0.39 is 34.7 Å². The average molecular weight is 502 g/mol. The summed E-state index contributed by atoms with van der Waals surface area (Å²) < 4.78 is 48.0. The molecule has 184 valence electrons. The van der Waals surface area contributed by atoms with E-state index in [1.54, 1.807) is 31.0 Å². The molecule has 0 spiro atoms. The molecule has 0 N–H and O–H groups in total. The summed E-state index contributed by atoms with van der Waals surface area (Å²) in [7, 11) is 1.72. The number of halogens is 1. The van der Waals surface area contributed by atoms with Gasteiger partial charge in [-0.15, -0.1) is 0 Å². The van der Waals surface area contributed by atoms with Crippen molar-refractivity contribution in [1.29, 1.82) is 0 Å². The third kappa shape index (κ3) is 4.00. The molecule has 0 bridgehead atoms. The molecule has 5 rings (SSSR count). The summed E-state index contributed by atoms with van der Waals surface area (Å²) in [6, 6.07) is 4.40. The minimum absolute atomic E-state index is 0.0279. The first-order valence-corrected chi connectivity index (χ1v) is 11.9. The molecule has 13 heteroatoms. The van der Waals surface area contributed by atoms with E-state index >= 15 is 0 Å². The summed E-state index contributed by atoms with van der Waals surface area (Å²) >= 11 is -2.75. The molecule has 1 aliphatic carbocycles. The molecule has 0 radical (unpaired) electrons. The molecule has 0 amide bonds. The number of hydrogen-bond donors (Lipinski definition) is 0. The van der Waals surface area contributed by atoms with Crippen molar-refractivity contribution >= 4 is 27.9 Å². The van der Waals surface area contributed by atoms with Crippen LogP contribution in [0.25, 0.3) is 10.9 Å². The third-order valence-corrected chi connectivity index (χ3v) is 7.27. The van der Waals surface area contributed by atoms with Gasteiger partial charge in [0, 0.05) is 41.3 Å². The van der Waals surface area contributed by atoms with Crippen LogP contribution in [-0.4, -0.2) is 45.0 Å². The number of fused-ring (bicyclic) bond motifs is 1. The number of aromatic nitrogens is 5. The van der Waals surface area contributed by atoms with Gasteiger partial charge in [0.1, 0.15) is 12.4 Å². The van der Waals surface area contributed by atoms with Gasteiger partial charge in [-0.2, -0.15) is 5.10 Å². The van der Waals surface area contributed by atoms with Gasteiger partial charge in [-0.3, -0.25) is 27.1 Å². The number of alkyl halides is 1. The predicted molar refractivity (Wildman–Crippen MR) is 124 cm³/mol. The maximum absolute atomic E-state index is 13.7. The number of aryl methyl sites for hydroxylation is 2. The first-order valence-electron chi connectivity index (χ1n) is 10.8. The molecule has 35 heavy (non-hydrogen) atoms. The normalized spacial score (nSPS) is 15.4. The first kappa shape index (κ1) is 23.2. The summed E-state index contributed by atoms with van der Waals surface area (Å²) in [4.78, 5) is 27.0. The van der Waals surface area contributed by atoms with Gasteiger partial charge in [-0.1, -0.05) is 5.16 Å². The molecule has 1 aromatic carbocycles. The van der Waals surface area contributed by atoms with Crippen molar-refractivity contribution in [1.82, 2.24) is 24.1 Å². The van der Waals surface area contributed by atoms with E-state index in [-0.39, 0.29) is 24.2 Å². The van der Waals surface area contributed by atoms with E-state index in [9.17, 15) is 22.7 Å². The summed E-state index contributed by atoms with van der Waals surface area (Å²) in [6.07, 6.45) is 5.52. The van der Waals surface area contributed by atoms with Gasteiger partial charge in [-0.05, 0) is 38.0 Å². The Bertz CT molecular complexity index is 1570. The van der Waals surface area contributed by atoms with Gasteiger partial charge in [-0.25, -0.2) is 9.18 Å². The Morgan fingerprint density at radius 3 is 2.57 bits per heavy atom. The molecular formula is C22H22FN6O5S-. The fraction of sp³-hybridized carbons (Fsp3) is 0.364. The van der Waals surface area contributed by atoms with Gasteiger partial charge >= 0.3 is 5.69 Å². The van der Waals surface area contributed by atoms with E-state index in [1.807, 2.05) is 0 Å². The summed E-state index contributed by atoms with van der Waals surface area (Å²) in [5, 5.41) is 7.98. The highest BCUT2D eigenvalue weighted by Gasteiger charge is 2.49. The Balaban J connectivity index is 1.73. The lowest BCUT2D eigenvalue weighted by molar-refractivity contribution is 0.395. The SMILES string of the molecule is Cc1oncc1Cn1c(=O)n(Cc2cnn(C)c2)c(=O)c2cc(N(S(=O)[O-])C3(CF)CC3)ccc21. The molecule has 0 saturated heterocycles. The monoisotopic (exact) mass is 501 g/mol. The highest BCUT2D eigenvalue weighted by atomic mass is 32.2. The number of hydrogen-bond acceptors (Lipinski definition) is 7.